The fraction of sp³-hybridized carbons (Fsp3) is 0.294. The highest BCUT2D eigenvalue weighted by Crippen LogP contribution is 2.28. The van der Waals surface area contributed by atoms with Gasteiger partial charge < -0.3 is 15.6 Å². The van der Waals surface area contributed by atoms with Gasteiger partial charge in [-0.3, -0.25) is 0 Å². The van der Waals surface area contributed by atoms with Crippen LogP contribution in [0.3, 0.4) is 0 Å². The van der Waals surface area contributed by atoms with Crippen LogP contribution in [0.4, 0.5) is 5.69 Å². The average molecular weight is 293 g/mol. The highest BCUT2D eigenvalue weighted by molar-refractivity contribution is 5.75. The van der Waals surface area contributed by atoms with E-state index in [4.69, 9.17) is 5.73 Å². The third kappa shape index (κ3) is 2.33. The van der Waals surface area contributed by atoms with Crippen LogP contribution in [0.2, 0.25) is 0 Å². The SMILES string of the molecule is CC1(N)CCN(c2cccc(-c3cnc4[nH]ccc4n3)c2)C1. The maximum absolute atomic E-state index is 6.24. The van der Waals surface area contributed by atoms with Crippen molar-refractivity contribution in [2.45, 2.75) is 18.9 Å². The molecule has 3 heterocycles. The number of nitrogens with two attached hydrogens (primary N) is 1. The van der Waals surface area contributed by atoms with Gasteiger partial charge in [-0.15, -0.1) is 0 Å². The van der Waals surface area contributed by atoms with Gasteiger partial charge in [0.15, 0.2) is 5.65 Å². The zero-order valence-corrected chi connectivity index (χ0v) is 12.6. The molecule has 1 aliphatic heterocycles. The lowest BCUT2D eigenvalue weighted by molar-refractivity contribution is 0.525. The average Bonchev–Trinajstić information content (AvgIpc) is 3.12. The first-order chi connectivity index (χ1) is 10.6. The predicted octanol–water partition coefficient (Wildman–Crippen LogP) is 2.55. The molecule has 3 N–H and O–H groups in total. The minimum absolute atomic E-state index is 0.0974. The van der Waals surface area contributed by atoms with Crippen LogP contribution in [0.1, 0.15) is 13.3 Å². The third-order valence-corrected chi connectivity index (χ3v) is 4.27. The summed E-state index contributed by atoms with van der Waals surface area (Å²) < 4.78 is 0. The molecule has 112 valence electrons. The fourth-order valence-corrected chi connectivity index (χ4v) is 3.04. The largest absolute Gasteiger partial charge is 0.370 e. The minimum atomic E-state index is -0.0974. The van der Waals surface area contributed by atoms with Gasteiger partial charge in [0.2, 0.25) is 0 Å². The Hall–Kier alpha value is -2.40. The van der Waals surface area contributed by atoms with E-state index in [1.807, 2.05) is 18.5 Å². The van der Waals surface area contributed by atoms with Crippen molar-refractivity contribution in [1.82, 2.24) is 15.0 Å². The molecule has 1 aliphatic rings. The minimum Gasteiger partial charge on any atom is -0.370 e. The second kappa shape index (κ2) is 4.81. The van der Waals surface area contributed by atoms with Crippen LogP contribution in [0.25, 0.3) is 22.4 Å². The maximum Gasteiger partial charge on any atom is 0.156 e. The molecule has 5 heteroatoms. The van der Waals surface area contributed by atoms with E-state index in [1.165, 1.54) is 5.69 Å². The van der Waals surface area contributed by atoms with Crippen molar-refractivity contribution in [1.29, 1.82) is 0 Å². The molecular formula is C17H19N5. The van der Waals surface area contributed by atoms with Gasteiger partial charge in [0.25, 0.3) is 0 Å². The third-order valence-electron chi connectivity index (χ3n) is 4.27. The molecule has 4 rings (SSSR count). The van der Waals surface area contributed by atoms with E-state index in [0.717, 1.165) is 41.9 Å². The predicted molar refractivity (Wildman–Crippen MR) is 88.7 cm³/mol. The van der Waals surface area contributed by atoms with Crippen LogP contribution < -0.4 is 10.6 Å². The first-order valence-electron chi connectivity index (χ1n) is 7.55. The number of H-pyrrole nitrogens is 1. The van der Waals surface area contributed by atoms with E-state index in [0.29, 0.717) is 0 Å². The second-order valence-electron chi connectivity index (χ2n) is 6.34. The zero-order valence-electron chi connectivity index (χ0n) is 12.6. The number of rotatable bonds is 2. The summed E-state index contributed by atoms with van der Waals surface area (Å²) in [6.45, 7) is 4.00. The Balaban J connectivity index is 1.69. The molecule has 0 amide bonds. The first-order valence-corrected chi connectivity index (χ1v) is 7.55. The highest BCUT2D eigenvalue weighted by atomic mass is 15.2. The van der Waals surface area contributed by atoms with Gasteiger partial charge in [-0.25, -0.2) is 9.97 Å². The number of anilines is 1. The van der Waals surface area contributed by atoms with Gasteiger partial charge in [0.05, 0.1) is 11.9 Å². The van der Waals surface area contributed by atoms with Crippen LogP contribution in [0, 0.1) is 0 Å². The van der Waals surface area contributed by atoms with Crippen molar-refractivity contribution < 1.29 is 0 Å². The summed E-state index contributed by atoms with van der Waals surface area (Å²) >= 11 is 0. The molecule has 0 aliphatic carbocycles. The molecule has 1 fully saturated rings. The molecule has 22 heavy (non-hydrogen) atoms. The maximum atomic E-state index is 6.24. The van der Waals surface area contributed by atoms with Gasteiger partial charge >= 0.3 is 0 Å². The molecule has 1 unspecified atom stereocenters. The number of benzene rings is 1. The summed E-state index contributed by atoms with van der Waals surface area (Å²) in [6.07, 6.45) is 4.69. The van der Waals surface area contributed by atoms with Gasteiger partial charge in [0.1, 0.15) is 5.52 Å². The van der Waals surface area contributed by atoms with Crippen LogP contribution in [0.5, 0.6) is 0 Å². The van der Waals surface area contributed by atoms with E-state index < -0.39 is 0 Å². The standard InChI is InChI=1S/C17H19N5/c1-17(18)6-8-22(11-17)13-4-2-3-12(9-13)15-10-20-16-14(21-15)5-7-19-16/h2-5,7,9-10H,6,8,11,18H2,1H3,(H,19,20). The van der Waals surface area contributed by atoms with Gasteiger partial charge in [-0.05, 0) is 31.5 Å². The van der Waals surface area contributed by atoms with Crippen molar-refractivity contribution >= 4 is 16.9 Å². The summed E-state index contributed by atoms with van der Waals surface area (Å²) in [5.41, 5.74) is 11.0. The lowest BCUT2D eigenvalue weighted by atomic mass is 10.0. The fourth-order valence-electron chi connectivity index (χ4n) is 3.04. The summed E-state index contributed by atoms with van der Waals surface area (Å²) in [5, 5.41) is 0. The number of aromatic nitrogens is 3. The van der Waals surface area contributed by atoms with Crippen LogP contribution in [-0.2, 0) is 0 Å². The van der Waals surface area contributed by atoms with E-state index in [2.05, 4.69) is 51.0 Å². The summed E-state index contributed by atoms with van der Waals surface area (Å²) in [4.78, 5) is 14.5. The Kier molecular flexibility index (Phi) is 2.90. The lowest BCUT2D eigenvalue weighted by Gasteiger charge is -2.22. The van der Waals surface area contributed by atoms with E-state index in [9.17, 15) is 0 Å². The molecule has 3 aromatic rings. The van der Waals surface area contributed by atoms with E-state index in [-0.39, 0.29) is 5.54 Å². The van der Waals surface area contributed by atoms with Crippen molar-refractivity contribution in [3.63, 3.8) is 0 Å². The molecule has 1 saturated heterocycles. The molecule has 0 bridgehead atoms. The van der Waals surface area contributed by atoms with Crippen molar-refractivity contribution in [2.75, 3.05) is 18.0 Å². The van der Waals surface area contributed by atoms with Crippen LogP contribution in [0.15, 0.2) is 42.7 Å². The number of hydrogen-bond donors (Lipinski definition) is 2. The monoisotopic (exact) mass is 293 g/mol. The summed E-state index contributed by atoms with van der Waals surface area (Å²) in [7, 11) is 0. The summed E-state index contributed by atoms with van der Waals surface area (Å²) in [5.74, 6) is 0. The van der Waals surface area contributed by atoms with Gasteiger partial charge in [0, 0.05) is 36.1 Å². The molecule has 2 aromatic heterocycles. The quantitative estimate of drug-likeness (QED) is 0.762. The number of nitrogens with one attached hydrogen (secondary N) is 1. The number of fused-ring (bicyclic) bond motifs is 1. The van der Waals surface area contributed by atoms with Gasteiger partial charge in [-0.1, -0.05) is 12.1 Å². The summed E-state index contributed by atoms with van der Waals surface area (Å²) in [6, 6.07) is 10.4. The molecule has 5 nitrogen and oxygen atoms in total. The van der Waals surface area contributed by atoms with Crippen molar-refractivity contribution in [2.24, 2.45) is 5.73 Å². The molecule has 0 radical (unpaired) electrons. The van der Waals surface area contributed by atoms with Crippen LogP contribution >= 0.6 is 0 Å². The molecule has 1 aromatic carbocycles. The Morgan fingerprint density at radius 2 is 2.23 bits per heavy atom. The number of aromatic amines is 1. The lowest BCUT2D eigenvalue weighted by Crippen LogP contribution is -2.39. The smallest absolute Gasteiger partial charge is 0.156 e. The Morgan fingerprint density at radius 3 is 3.05 bits per heavy atom. The second-order valence-corrected chi connectivity index (χ2v) is 6.34. The Bertz CT molecular complexity index is 821. The number of hydrogen-bond acceptors (Lipinski definition) is 4. The van der Waals surface area contributed by atoms with E-state index >= 15 is 0 Å². The molecular weight excluding hydrogens is 274 g/mol. The van der Waals surface area contributed by atoms with Crippen molar-refractivity contribution in [3.8, 4) is 11.3 Å². The first kappa shape index (κ1) is 13.3. The zero-order chi connectivity index (χ0) is 15.2. The molecule has 0 saturated carbocycles. The molecule has 1 atom stereocenters. The highest BCUT2D eigenvalue weighted by Gasteiger charge is 2.29. The number of nitrogens with zero attached hydrogens (tertiary/aromatic N) is 3. The topological polar surface area (TPSA) is 70.8 Å². The Labute approximate surface area is 129 Å². The molecule has 0 spiro atoms. The van der Waals surface area contributed by atoms with Gasteiger partial charge in [-0.2, -0.15) is 0 Å². The van der Waals surface area contributed by atoms with Crippen LogP contribution in [-0.4, -0.2) is 33.6 Å². The normalized spacial score (nSPS) is 21.6. The van der Waals surface area contributed by atoms with Crippen molar-refractivity contribution in [3.05, 3.63) is 42.7 Å². The van der Waals surface area contributed by atoms with E-state index in [1.54, 1.807) is 0 Å². The Morgan fingerprint density at radius 1 is 1.32 bits per heavy atom.